The molecule has 1 aliphatic carbocycles. The van der Waals surface area contributed by atoms with Gasteiger partial charge in [-0.05, 0) is 50.7 Å². The van der Waals surface area contributed by atoms with Gasteiger partial charge in [0.2, 0.25) is 5.91 Å². The van der Waals surface area contributed by atoms with Crippen molar-refractivity contribution in [1.82, 2.24) is 5.06 Å². The average Bonchev–Trinajstić information content (AvgIpc) is 2.52. The first kappa shape index (κ1) is 17.3. The molecule has 1 amide bonds. The van der Waals surface area contributed by atoms with Gasteiger partial charge in [0.15, 0.2) is 0 Å². The van der Waals surface area contributed by atoms with Crippen LogP contribution in [0.4, 0.5) is 0 Å². The second kappa shape index (κ2) is 7.97. The molecule has 1 saturated carbocycles. The number of amides is 1. The summed E-state index contributed by atoms with van der Waals surface area (Å²) in [5, 5.41) is 1.31. The van der Waals surface area contributed by atoms with Crippen molar-refractivity contribution >= 4 is 21.8 Å². The lowest BCUT2D eigenvalue weighted by molar-refractivity contribution is -0.170. The number of ether oxygens (including phenoxy) is 1. The molecule has 0 atom stereocenters. The topological polar surface area (TPSA) is 38.8 Å². The number of hydrogen-bond acceptors (Lipinski definition) is 3. The molecule has 4 nitrogen and oxygen atoms in total. The van der Waals surface area contributed by atoms with Crippen LogP contribution in [-0.4, -0.2) is 31.2 Å². The average molecular weight is 370 g/mol. The highest BCUT2D eigenvalue weighted by molar-refractivity contribution is 9.10. The zero-order valence-corrected chi connectivity index (χ0v) is 15.1. The van der Waals surface area contributed by atoms with Crippen molar-refractivity contribution in [3.63, 3.8) is 0 Å². The Kier molecular flexibility index (Phi) is 6.26. The third-order valence-electron chi connectivity index (χ3n) is 4.39. The van der Waals surface area contributed by atoms with E-state index in [0.717, 1.165) is 41.5 Å². The van der Waals surface area contributed by atoms with E-state index in [1.807, 2.05) is 18.2 Å². The number of halogens is 1. The van der Waals surface area contributed by atoms with Crippen molar-refractivity contribution in [3.05, 3.63) is 28.2 Å². The van der Waals surface area contributed by atoms with Crippen LogP contribution < -0.4 is 4.74 Å². The fourth-order valence-corrected chi connectivity index (χ4v) is 3.17. The number of nitrogens with zero attached hydrogens (tertiary/aromatic N) is 1. The minimum atomic E-state index is 0.0507. The minimum absolute atomic E-state index is 0.0507. The zero-order valence-electron chi connectivity index (χ0n) is 13.5. The number of hydroxylamine groups is 2. The lowest BCUT2D eigenvalue weighted by atomic mass is 9.85. The molecular weight excluding hydrogens is 346 g/mol. The molecule has 0 aliphatic heterocycles. The van der Waals surface area contributed by atoms with Gasteiger partial charge in [-0.25, -0.2) is 5.06 Å². The van der Waals surface area contributed by atoms with Gasteiger partial charge >= 0.3 is 0 Å². The number of carbonyl (C=O) groups is 1. The SMILES string of the molecule is CON(C)C(=O)CC1CCC(Oc2cccc(Br)c2C)CC1. The molecule has 0 saturated heterocycles. The Morgan fingerprint density at radius 1 is 1.32 bits per heavy atom. The van der Waals surface area contributed by atoms with Crippen molar-refractivity contribution in [3.8, 4) is 5.75 Å². The molecule has 0 spiro atoms. The quantitative estimate of drug-likeness (QED) is 0.733. The van der Waals surface area contributed by atoms with Crippen LogP contribution in [0.25, 0.3) is 0 Å². The Morgan fingerprint density at radius 2 is 2.00 bits per heavy atom. The van der Waals surface area contributed by atoms with Gasteiger partial charge in [0, 0.05) is 23.5 Å². The van der Waals surface area contributed by atoms with Crippen molar-refractivity contribution in [2.24, 2.45) is 5.92 Å². The molecule has 1 fully saturated rings. The smallest absolute Gasteiger partial charge is 0.246 e. The van der Waals surface area contributed by atoms with E-state index >= 15 is 0 Å². The van der Waals surface area contributed by atoms with E-state index in [2.05, 4.69) is 22.9 Å². The fraction of sp³-hybridized carbons (Fsp3) is 0.588. The summed E-state index contributed by atoms with van der Waals surface area (Å²) >= 11 is 3.53. The second-order valence-electron chi connectivity index (χ2n) is 5.90. The van der Waals surface area contributed by atoms with Crippen LogP contribution in [0.2, 0.25) is 0 Å². The van der Waals surface area contributed by atoms with Crippen molar-refractivity contribution in [1.29, 1.82) is 0 Å². The molecule has 5 heteroatoms. The molecule has 122 valence electrons. The summed E-state index contributed by atoms with van der Waals surface area (Å²) in [5.74, 6) is 1.44. The van der Waals surface area contributed by atoms with Crippen molar-refractivity contribution < 1.29 is 14.4 Å². The largest absolute Gasteiger partial charge is 0.490 e. The van der Waals surface area contributed by atoms with Crippen LogP contribution in [0.3, 0.4) is 0 Å². The maximum absolute atomic E-state index is 11.9. The summed E-state index contributed by atoms with van der Waals surface area (Å²) in [6, 6.07) is 6.04. The summed E-state index contributed by atoms with van der Waals surface area (Å²) in [6.07, 6.45) is 4.87. The van der Waals surface area contributed by atoms with E-state index in [1.54, 1.807) is 7.05 Å². The lowest BCUT2D eigenvalue weighted by Crippen LogP contribution is -2.30. The Morgan fingerprint density at radius 3 is 2.64 bits per heavy atom. The summed E-state index contributed by atoms with van der Waals surface area (Å²) < 4.78 is 7.21. The van der Waals surface area contributed by atoms with E-state index < -0.39 is 0 Å². The minimum Gasteiger partial charge on any atom is -0.490 e. The predicted octanol–water partition coefficient (Wildman–Crippen LogP) is 4.11. The molecule has 1 aliphatic rings. The van der Waals surface area contributed by atoms with Crippen LogP contribution in [0.1, 0.15) is 37.7 Å². The van der Waals surface area contributed by atoms with Crippen LogP contribution in [0.15, 0.2) is 22.7 Å². The van der Waals surface area contributed by atoms with Crippen molar-refractivity contribution in [2.45, 2.75) is 45.1 Å². The summed E-state index contributed by atoms with van der Waals surface area (Å²) in [6.45, 7) is 2.06. The molecule has 22 heavy (non-hydrogen) atoms. The molecule has 0 heterocycles. The van der Waals surface area contributed by atoms with E-state index in [9.17, 15) is 4.79 Å². The third-order valence-corrected chi connectivity index (χ3v) is 5.25. The standard InChI is InChI=1S/C17H24BrNO3/c1-12-15(18)5-4-6-16(12)22-14-9-7-13(8-10-14)11-17(20)19(2)21-3/h4-6,13-14H,7-11H2,1-3H3. The maximum atomic E-state index is 11.9. The Hall–Kier alpha value is -1.07. The molecular formula is C17H24BrNO3. The molecule has 0 unspecified atom stereocenters. The van der Waals surface area contributed by atoms with Gasteiger partial charge in [0.05, 0.1) is 13.2 Å². The zero-order chi connectivity index (χ0) is 16.1. The van der Waals surface area contributed by atoms with Crippen LogP contribution in [-0.2, 0) is 9.63 Å². The highest BCUT2D eigenvalue weighted by Gasteiger charge is 2.25. The highest BCUT2D eigenvalue weighted by atomic mass is 79.9. The summed E-state index contributed by atoms with van der Waals surface area (Å²) in [4.78, 5) is 16.8. The first-order valence-electron chi connectivity index (χ1n) is 7.73. The number of rotatable bonds is 5. The van der Waals surface area contributed by atoms with Crippen LogP contribution in [0, 0.1) is 12.8 Å². The Labute approximate surface area is 140 Å². The normalized spacial score (nSPS) is 21.5. The lowest BCUT2D eigenvalue weighted by Gasteiger charge is -2.29. The molecule has 0 radical (unpaired) electrons. The first-order valence-corrected chi connectivity index (χ1v) is 8.53. The van der Waals surface area contributed by atoms with Gasteiger partial charge in [-0.2, -0.15) is 0 Å². The molecule has 0 aromatic heterocycles. The van der Waals surface area contributed by atoms with E-state index in [-0.39, 0.29) is 12.0 Å². The highest BCUT2D eigenvalue weighted by Crippen LogP contribution is 2.32. The van der Waals surface area contributed by atoms with Gasteiger partial charge in [-0.15, -0.1) is 0 Å². The molecule has 0 N–H and O–H groups in total. The molecule has 2 rings (SSSR count). The van der Waals surface area contributed by atoms with Crippen molar-refractivity contribution in [2.75, 3.05) is 14.2 Å². The molecule has 0 bridgehead atoms. The second-order valence-corrected chi connectivity index (χ2v) is 6.76. The van der Waals surface area contributed by atoms with Crippen LogP contribution in [0.5, 0.6) is 5.75 Å². The fourth-order valence-electron chi connectivity index (χ4n) is 2.83. The Bertz CT molecular complexity index is 513. The van der Waals surface area contributed by atoms with Gasteiger partial charge in [0.25, 0.3) is 0 Å². The van der Waals surface area contributed by atoms with E-state index in [1.165, 1.54) is 12.2 Å². The van der Waals surface area contributed by atoms with E-state index in [0.29, 0.717) is 12.3 Å². The number of benzene rings is 1. The number of carbonyl (C=O) groups excluding carboxylic acids is 1. The summed E-state index contributed by atoms with van der Waals surface area (Å²) in [5.41, 5.74) is 1.14. The van der Waals surface area contributed by atoms with Gasteiger partial charge in [0.1, 0.15) is 5.75 Å². The molecule has 1 aromatic rings. The maximum Gasteiger partial charge on any atom is 0.246 e. The monoisotopic (exact) mass is 369 g/mol. The predicted molar refractivity (Wildman–Crippen MR) is 89.6 cm³/mol. The summed E-state index contributed by atoms with van der Waals surface area (Å²) in [7, 11) is 3.18. The third kappa shape index (κ3) is 4.46. The van der Waals surface area contributed by atoms with E-state index in [4.69, 9.17) is 9.57 Å². The Balaban J connectivity index is 1.82. The van der Waals surface area contributed by atoms with Gasteiger partial charge in [-0.3, -0.25) is 9.63 Å². The first-order chi connectivity index (χ1) is 10.5. The van der Waals surface area contributed by atoms with Gasteiger partial charge < -0.3 is 4.74 Å². The number of hydrogen-bond donors (Lipinski definition) is 0. The van der Waals surface area contributed by atoms with Gasteiger partial charge in [-0.1, -0.05) is 22.0 Å². The van der Waals surface area contributed by atoms with Crippen LogP contribution >= 0.6 is 15.9 Å². The molecule has 1 aromatic carbocycles.